The Balaban J connectivity index is 2.36. The number of nitrogens with zero attached hydrogens (tertiary/aromatic N) is 1. The van der Waals surface area contributed by atoms with Gasteiger partial charge in [0.15, 0.2) is 14.6 Å². The number of ether oxygens (including phenoxy) is 6. The molecule has 0 aromatic carbocycles. The van der Waals surface area contributed by atoms with Crippen LogP contribution in [0.15, 0.2) is 36.0 Å². The molecule has 1 fully saturated rings. The molecule has 0 aliphatic carbocycles. The van der Waals surface area contributed by atoms with Gasteiger partial charge in [0, 0.05) is 39.5 Å². The van der Waals surface area contributed by atoms with Gasteiger partial charge in [-0.3, -0.25) is 9.59 Å². The van der Waals surface area contributed by atoms with Crippen molar-refractivity contribution in [1.82, 2.24) is 4.90 Å². The van der Waals surface area contributed by atoms with Crippen molar-refractivity contribution in [3.05, 3.63) is 36.0 Å². The van der Waals surface area contributed by atoms with Gasteiger partial charge in [-0.05, 0) is 89.1 Å². The summed E-state index contributed by atoms with van der Waals surface area (Å²) >= 11 is 0. The van der Waals surface area contributed by atoms with Crippen LogP contribution in [-0.4, -0.2) is 100 Å². The van der Waals surface area contributed by atoms with Gasteiger partial charge in [0.2, 0.25) is 0 Å². The molecule has 0 aromatic rings. The van der Waals surface area contributed by atoms with E-state index in [0.717, 1.165) is 36.5 Å². The van der Waals surface area contributed by atoms with Gasteiger partial charge in [-0.1, -0.05) is 72.8 Å². The number of amides is 1. The van der Waals surface area contributed by atoms with Gasteiger partial charge in [-0.2, -0.15) is 0 Å². The number of carbonyl (C=O) groups excluding carboxylic acids is 3. The van der Waals surface area contributed by atoms with Crippen LogP contribution in [0.3, 0.4) is 0 Å². The molecule has 12 heteroatoms. The van der Waals surface area contributed by atoms with Crippen LogP contribution in [0, 0.1) is 17.8 Å². The van der Waals surface area contributed by atoms with E-state index in [0.29, 0.717) is 19.4 Å². The lowest BCUT2D eigenvalue weighted by Crippen LogP contribution is -2.48. The average molecular weight is 794 g/mol. The van der Waals surface area contributed by atoms with Crippen molar-refractivity contribution in [2.45, 2.75) is 182 Å². The van der Waals surface area contributed by atoms with Gasteiger partial charge in [0.25, 0.3) is 0 Å². The topological polar surface area (TPSA) is 122 Å². The van der Waals surface area contributed by atoms with E-state index in [1.165, 1.54) is 11.8 Å². The van der Waals surface area contributed by atoms with Gasteiger partial charge in [0.1, 0.15) is 23.9 Å². The third kappa shape index (κ3) is 15.4. The van der Waals surface area contributed by atoms with Crippen LogP contribution in [0.5, 0.6) is 0 Å². The first-order valence-electron chi connectivity index (χ1n) is 20.8. The zero-order valence-electron chi connectivity index (χ0n) is 36.6. The van der Waals surface area contributed by atoms with E-state index in [2.05, 4.69) is 40.7 Å². The van der Waals surface area contributed by atoms with Gasteiger partial charge >= 0.3 is 18.0 Å². The second-order valence-electron chi connectivity index (χ2n) is 16.1. The van der Waals surface area contributed by atoms with Crippen molar-refractivity contribution in [2.24, 2.45) is 17.8 Å². The second kappa shape index (κ2) is 23.0. The Bertz CT molecular complexity index is 1290. The molecule has 0 N–H and O–H groups in total. The van der Waals surface area contributed by atoms with E-state index >= 15 is 0 Å². The minimum atomic E-state index is -2.10. The number of carbonyl (C=O) groups is 3. The predicted octanol–water partition coefficient (Wildman–Crippen LogP) is 9.16. The largest absolute Gasteiger partial charge is 0.457 e. The van der Waals surface area contributed by atoms with Gasteiger partial charge in [-0.15, -0.1) is 0 Å². The van der Waals surface area contributed by atoms with Gasteiger partial charge in [0.05, 0.1) is 24.7 Å². The SMILES string of the molecule is CCOC(C)OC1(C)CCC(O[Si](CC)(CC)CC)CC(=O)OC(/C(C)=C/C=C/C(C)CC2OC2C(C)C(CC)OC(=O)N(C)C)C(C)/C=C\C1OC(C)=O. The van der Waals surface area contributed by atoms with Crippen molar-refractivity contribution >= 4 is 26.3 Å². The fourth-order valence-electron chi connectivity index (χ4n) is 7.59. The summed E-state index contributed by atoms with van der Waals surface area (Å²) in [7, 11) is 1.27. The van der Waals surface area contributed by atoms with Crippen LogP contribution in [0.1, 0.15) is 115 Å². The lowest BCUT2D eigenvalue weighted by atomic mass is 9.88. The number of hydrogen-bond acceptors (Lipinski definition) is 10. The molecule has 1 saturated heterocycles. The molecule has 316 valence electrons. The zero-order valence-corrected chi connectivity index (χ0v) is 37.6. The average Bonchev–Trinajstić information content (AvgIpc) is 3.90. The van der Waals surface area contributed by atoms with Crippen LogP contribution in [0.4, 0.5) is 4.79 Å². The maximum absolute atomic E-state index is 13.8. The zero-order chi connectivity index (χ0) is 41.5. The molecule has 11 unspecified atom stereocenters. The van der Waals surface area contributed by atoms with E-state index in [9.17, 15) is 14.4 Å². The lowest BCUT2D eigenvalue weighted by Gasteiger charge is -2.40. The van der Waals surface area contributed by atoms with E-state index in [1.54, 1.807) is 14.1 Å². The van der Waals surface area contributed by atoms with Gasteiger partial charge < -0.3 is 37.7 Å². The lowest BCUT2D eigenvalue weighted by molar-refractivity contribution is -0.227. The highest BCUT2D eigenvalue weighted by Gasteiger charge is 2.46. The highest BCUT2D eigenvalue weighted by molar-refractivity contribution is 6.73. The number of epoxide rings is 1. The highest BCUT2D eigenvalue weighted by atomic mass is 28.4. The van der Waals surface area contributed by atoms with Crippen LogP contribution >= 0.6 is 0 Å². The predicted molar refractivity (Wildman–Crippen MR) is 219 cm³/mol. The molecule has 11 atom stereocenters. The summed E-state index contributed by atoms with van der Waals surface area (Å²) in [6.45, 7) is 24.3. The normalized spacial score (nSPS) is 29.6. The second-order valence-corrected chi connectivity index (χ2v) is 20.8. The monoisotopic (exact) mass is 794 g/mol. The van der Waals surface area contributed by atoms with E-state index in [-0.39, 0.29) is 60.7 Å². The van der Waals surface area contributed by atoms with E-state index in [4.69, 9.17) is 32.8 Å². The summed E-state index contributed by atoms with van der Waals surface area (Å²) in [4.78, 5) is 39.9. The number of allylic oxidation sites excluding steroid dienone is 3. The maximum atomic E-state index is 13.8. The fraction of sp³-hybridized carbons (Fsp3) is 0.791. The molecule has 0 bridgehead atoms. The highest BCUT2D eigenvalue weighted by Crippen LogP contribution is 2.38. The summed E-state index contributed by atoms with van der Waals surface area (Å²) < 4.78 is 43.2. The first-order chi connectivity index (χ1) is 25.9. The molecule has 2 aliphatic rings. The third-order valence-corrected chi connectivity index (χ3v) is 16.1. The molecular formula is C43H75NO10Si. The Morgan fingerprint density at radius 1 is 1.05 bits per heavy atom. The van der Waals surface area contributed by atoms with E-state index < -0.39 is 38.4 Å². The van der Waals surface area contributed by atoms with Gasteiger partial charge in [-0.25, -0.2) is 4.79 Å². The molecule has 2 heterocycles. The van der Waals surface area contributed by atoms with E-state index in [1.807, 2.05) is 65.8 Å². The summed E-state index contributed by atoms with van der Waals surface area (Å²) in [6.07, 6.45) is 10.1. The standard InChI is InChI=1S/C43H75NO10Si/c1-15-36(51-42(47)44(13)14)32(9)41-37(50-41)27-29(6)21-20-22-30(7)40-31(8)23-24-38(49-33(10)45)43(12,53-34(11)48-16-2)26-25-35(28-39(46)52-40)54-55(17-3,18-4)19-5/h20-24,29,31-32,34-38,40-41H,15-19,25-28H2,1-14H3/b21-20+,24-23-,30-22+. The number of esters is 2. The number of hydrogen-bond donors (Lipinski definition) is 0. The molecule has 0 aromatic heterocycles. The van der Waals surface area contributed by atoms with Crippen molar-refractivity contribution in [1.29, 1.82) is 0 Å². The van der Waals surface area contributed by atoms with Crippen molar-refractivity contribution in [2.75, 3.05) is 20.7 Å². The first kappa shape index (κ1) is 48.6. The van der Waals surface area contributed by atoms with Crippen LogP contribution in [-0.2, 0) is 42.4 Å². The Morgan fingerprint density at radius 2 is 1.71 bits per heavy atom. The molecule has 2 aliphatic heterocycles. The smallest absolute Gasteiger partial charge is 0.409 e. The summed E-state index contributed by atoms with van der Waals surface area (Å²) in [6, 6.07) is 2.84. The molecule has 1 amide bonds. The summed E-state index contributed by atoms with van der Waals surface area (Å²) in [5.74, 6) is -0.644. The minimum absolute atomic E-state index is 0.0503. The Morgan fingerprint density at radius 3 is 2.27 bits per heavy atom. The molecule has 0 saturated carbocycles. The van der Waals surface area contributed by atoms with Crippen molar-refractivity contribution < 1.29 is 47.2 Å². The molecule has 0 radical (unpaired) electrons. The van der Waals surface area contributed by atoms with Crippen molar-refractivity contribution in [3.63, 3.8) is 0 Å². The first-order valence-corrected chi connectivity index (χ1v) is 23.3. The van der Waals surface area contributed by atoms with Crippen molar-refractivity contribution in [3.8, 4) is 0 Å². The maximum Gasteiger partial charge on any atom is 0.409 e. The molecule has 11 nitrogen and oxygen atoms in total. The molecule has 2 rings (SSSR count). The number of rotatable bonds is 19. The molecule has 55 heavy (non-hydrogen) atoms. The summed E-state index contributed by atoms with van der Waals surface area (Å²) in [5.41, 5.74) is -0.0653. The fourth-order valence-corrected chi connectivity index (χ4v) is 10.5. The van der Waals surface area contributed by atoms with Crippen LogP contribution in [0.2, 0.25) is 18.1 Å². The van der Waals surface area contributed by atoms with Crippen LogP contribution < -0.4 is 0 Å². The summed E-state index contributed by atoms with van der Waals surface area (Å²) in [5, 5.41) is 0. The number of cyclic esters (lactones) is 1. The quantitative estimate of drug-likeness (QED) is 0.0238. The van der Waals surface area contributed by atoms with Crippen LogP contribution in [0.25, 0.3) is 0 Å². The Labute approximate surface area is 334 Å². The Kier molecular flexibility index (Phi) is 20.4. The third-order valence-electron chi connectivity index (χ3n) is 11.4. The molecular weight excluding hydrogens is 719 g/mol. The Hall–Kier alpha value is -2.51. The minimum Gasteiger partial charge on any atom is -0.457 e. The molecule has 0 spiro atoms.